The molecule has 1 aromatic carbocycles. The van der Waals surface area contributed by atoms with Gasteiger partial charge in [0.15, 0.2) is 18.2 Å². The summed E-state index contributed by atoms with van der Waals surface area (Å²) in [6.07, 6.45) is 0. The molecule has 0 aliphatic heterocycles. The van der Waals surface area contributed by atoms with E-state index in [9.17, 15) is 14.0 Å². The molecule has 0 saturated heterocycles. The minimum absolute atomic E-state index is 0.0381. The second kappa shape index (κ2) is 7.86. The second-order valence-corrected chi connectivity index (χ2v) is 6.41. The van der Waals surface area contributed by atoms with E-state index in [1.807, 2.05) is 16.8 Å². The van der Waals surface area contributed by atoms with Crippen molar-refractivity contribution in [3.05, 3.63) is 58.0 Å². The van der Waals surface area contributed by atoms with Gasteiger partial charge in [0, 0.05) is 16.3 Å². The molecule has 2 N–H and O–H groups in total. The van der Waals surface area contributed by atoms with Gasteiger partial charge in [-0.25, -0.2) is 9.37 Å². The van der Waals surface area contributed by atoms with E-state index >= 15 is 0 Å². The Balaban J connectivity index is 1.49. The van der Waals surface area contributed by atoms with Crippen molar-refractivity contribution in [1.82, 2.24) is 15.8 Å². The quantitative estimate of drug-likeness (QED) is 0.670. The van der Waals surface area contributed by atoms with E-state index in [1.54, 1.807) is 11.4 Å². The molecule has 128 valence electrons. The molecule has 3 rings (SSSR count). The Bertz CT molecular complexity index is 880. The minimum atomic E-state index is -0.620. The predicted octanol–water partition coefficient (Wildman–Crippen LogP) is 2.85. The monoisotopic (exact) mass is 377 g/mol. The van der Waals surface area contributed by atoms with Crippen molar-refractivity contribution in [2.75, 3.05) is 6.61 Å². The number of hydrogen-bond donors (Lipinski definition) is 2. The van der Waals surface area contributed by atoms with Crippen LogP contribution in [0.3, 0.4) is 0 Å². The Morgan fingerprint density at radius 1 is 1.16 bits per heavy atom. The number of aromatic nitrogens is 1. The van der Waals surface area contributed by atoms with E-state index < -0.39 is 24.2 Å². The lowest BCUT2D eigenvalue weighted by atomic mass is 10.3. The van der Waals surface area contributed by atoms with Gasteiger partial charge in [0.05, 0.1) is 0 Å². The molecule has 0 aliphatic carbocycles. The average molecular weight is 377 g/mol. The van der Waals surface area contributed by atoms with E-state index in [0.717, 1.165) is 10.6 Å². The highest BCUT2D eigenvalue weighted by Crippen LogP contribution is 2.25. The smallest absolute Gasteiger partial charge is 0.289 e. The number of carbonyl (C=O) groups excluding carboxylic acids is 2. The van der Waals surface area contributed by atoms with Gasteiger partial charge in [-0.2, -0.15) is 11.3 Å². The largest absolute Gasteiger partial charge is 0.481 e. The molecule has 0 saturated carbocycles. The summed E-state index contributed by atoms with van der Waals surface area (Å²) < 4.78 is 18.4. The number of thiazole rings is 1. The van der Waals surface area contributed by atoms with E-state index in [1.165, 1.54) is 40.9 Å². The Labute approximate surface area is 150 Å². The van der Waals surface area contributed by atoms with Crippen LogP contribution in [0, 0.1) is 5.82 Å². The van der Waals surface area contributed by atoms with Crippen LogP contribution in [0.5, 0.6) is 5.75 Å². The molecule has 25 heavy (non-hydrogen) atoms. The third-order valence-electron chi connectivity index (χ3n) is 3.02. The Kier molecular flexibility index (Phi) is 5.36. The molecule has 0 bridgehead atoms. The number of amides is 2. The third kappa shape index (κ3) is 4.40. The zero-order valence-electron chi connectivity index (χ0n) is 12.7. The van der Waals surface area contributed by atoms with Crippen molar-refractivity contribution < 1.29 is 18.7 Å². The first-order valence-electron chi connectivity index (χ1n) is 7.08. The molecular weight excluding hydrogens is 365 g/mol. The van der Waals surface area contributed by atoms with Crippen molar-refractivity contribution in [2.24, 2.45) is 0 Å². The summed E-state index contributed by atoms with van der Waals surface area (Å²) >= 11 is 2.87. The minimum Gasteiger partial charge on any atom is -0.481 e. The third-order valence-corrected chi connectivity index (χ3v) is 4.59. The second-order valence-electron chi connectivity index (χ2n) is 4.77. The number of hydrazine groups is 1. The highest BCUT2D eigenvalue weighted by Gasteiger charge is 2.13. The number of para-hydroxylation sites is 1. The molecule has 2 aromatic heterocycles. The number of halogens is 1. The van der Waals surface area contributed by atoms with Gasteiger partial charge in [-0.15, -0.1) is 11.3 Å². The van der Waals surface area contributed by atoms with Crippen molar-refractivity contribution in [3.8, 4) is 16.3 Å². The maximum atomic E-state index is 13.4. The van der Waals surface area contributed by atoms with Crippen molar-refractivity contribution in [2.45, 2.75) is 0 Å². The van der Waals surface area contributed by atoms with Crippen LogP contribution in [0.1, 0.15) is 10.5 Å². The number of benzene rings is 1. The standard InChI is InChI=1S/C16H12FN3O3S2/c17-11-3-1-2-4-13(11)23-7-14(21)19-20-15(22)12-9-25-16(18-12)10-5-6-24-8-10/h1-6,8-9H,7H2,(H,19,21)(H,20,22). The van der Waals surface area contributed by atoms with Crippen molar-refractivity contribution >= 4 is 34.5 Å². The lowest BCUT2D eigenvalue weighted by Crippen LogP contribution is -2.44. The first-order valence-corrected chi connectivity index (χ1v) is 8.90. The number of hydrogen-bond acceptors (Lipinski definition) is 6. The summed E-state index contributed by atoms with van der Waals surface area (Å²) in [6, 6.07) is 7.64. The van der Waals surface area contributed by atoms with Gasteiger partial charge in [-0.1, -0.05) is 12.1 Å². The Morgan fingerprint density at radius 3 is 2.76 bits per heavy atom. The maximum Gasteiger partial charge on any atom is 0.289 e. The van der Waals surface area contributed by atoms with Crippen molar-refractivity contribution in [1.29, 1.82) is 0 Å². The number of nitrogens with one attached hydrogen (secondary N) is 2. The van der Waals surface area contributed by atoms with Crippen LogP contribution < -0.4 is 15.6 Å². The van der Waals surface area contributed by atoms with Gasteiger partial charge in [-0.3, -0.25) is 20.4 Å². The summed E-state index contributed by atoms with van der Waals surface area (Å²) in [5.41, 5.74) is 5.58. The molecule has 2 heterocycles. The van der Waals surface area contributed by atoms with E-state index in [2.05, 4.69) is 15.8 Å². The van der Waals surface area contributed by atoms with Gasteiger partial charge in [-0.05, 0) is 23.6 Å². The fourth-order valence-electron chi connectivity index (χ4n) is 1.83. The molecule has 0 aliphatic rings. The van der Waals surface area contributed by atoms with Crippen LogP contribution in [0.15, 0.2) is 46.5 Å². The fourth-order valence-corrected chi connectivity index (χ4v) is 3.34. The molecule has 0 fully saturated rings. The maximum absolute atomic E-state index is 13.4. The topological polar surface area (TPSA) is 80.3 Å². The number of ether oxygens (including phenoxy) is 1. The van der Waals surface area contributed by atoms with E-state index in [4.69, 9.17) is 4.74 Å². The molecule has 0 spiro atoms. The van der Waals surface area contributed by atoms with Crippen LogP contribution in [0.4, 0.5) is 4.39 Å². The molecular formula is C16H12FN3O3S2. The number of carbonyl (C=O) groups is 2. The molecule has 9 heteroatoms. The summed E-state index contributed by atoms with van der Waals surface area (Å²) in [6.45, 7) is -0.432. The van der Waals surface area contributed by atoms with Gasteiger partial charge in [0.1, 0.15) is 10.7 Å². The average Bonchev–Trinajstić information content (AvgIpc) is 3.30. The summed E-state index contributed by atoms with van der Waals surface area (Å²) in [4.78, 5) is 27.9. The number of rotatable bonds is 5. The molecule has 3 aromatic rings. The van der Waals surface area contributed by atoms with Crippen LogP contribution in [-0.2, 0) is 4.79 Å². The van der Waals surface area contributed by atoms with Crippen LogP contribution in [0.25, 0.3) is 10.6 Å². The number of thiophene rings is 1. The SMILES string of the molecule is O=C(COc1ccccc1F)NNC(=O)c1csc(-c2ccsc2)n1. The molecule has 0 unspecified atom stereocenters. The van der Waals surface area contributed by atoms with Gasteiger partial charge < -0.3 is 4.74 Å². The van der Waals surface area contributed by atoms with Crippen LogP contribution in [-0.4, -0.2) is 23.4 Å². The zero-order chi connectivity index (χ0) is 17.6. The molecule has 2 amide bonds. The summed E-state index contributed by atoms with van der Waals surface area (Å²) in [5, 5.41) is 6.18. The summed E-state index contributed by atoms with van der Waals surface area (Å²) in [7, 11) is 0. The van der Waals surface area contributed by atoms with Crippen LogP contribution in [0.2, 0.25) is 0 Å². The lowest BCUT2D eigenvalue weighted by molar-refractivity contribution is -0.123. The first kappa shape index (κ1) is 17.1. The molecule has 6 nitrogen and oxygen atoms in total. The zero-order valence-corrected chi connectivity index (χ0v) is 14.3. The van der Waals surface area contributed by atoms with Gasteiger partial charge in [0.2, 0.25) is 0 Å². The van der Waals surface area contributed by atoms with Gasteiger partial charge in [0.25, 0.3) is 11.8 Å². The van der Waals surface area contributed by atoms with Crippen LogP contribution >= 0.6 is 22.7 Å². The number of nitrogens with zero attached hydrogens (tertiary/aromatic N) is 1. The fraction of sp³-hybridized carbons (Fsp3) is 0.0625. The van der Waals surface area contributed by atoms with Crippen molar-refractivity contribution in [3.63, 3.8) is 0 Å². The molecule has 0 atom stereocenters. The first-order chi connectivity index (χ1) is 12.1. The predicted molar refractivity (Wildman–Crippen MR) is 92.9 cm³/mol. The van der Waals surface area contributed by atoms with Gasteiger partial charge >= 0.3 is 0 Å². The Hall–Kier alpha value is -2.78. The van der Waals surface area contributed by atoms with E-state index in [0.29, 0.717) is 0 Å². The highest BCUT2D eigenvalue weighted by molar-refractivity contribution is 7.14. The Morgan fingerprint density at radius 2 is 2.00 bits per heavy atom. The van der Waals surface area contributed by atoms with E-state index in [-0.39, 0.29) is 11.4 Å². The highest BCUT2D eigenvalue weighted by atomic mass is 32.1. The molecule has 0 radical (unpaired) electrons. The normalized spacial score (nSPS) is 10.3. The lowest BCUT2D eigenvalue weighted by Gasteiger charge is -2.08. The summed E-state index contributed by atoms with van der Waals surface area (Å²) in [5.74, 6) is -1.77.